The normalized spacial score (nSPS) is 11.8. The molecule has 5 heteroatoms. The van der Waals surface area contributed by atoms with Crippen LogP contribution in [0.3, 0.4) is 0 Å². The molecule has 1 unspecified atom stereocenters. The zero-order valence-corrected chi connectivity index (χ0v) is 13.2. The van der Waals surface area contributed by atoms with Gasteiger partial charge in [-0.3, -0.25) is 4.79 Å². The average molecular weight is 317 g/mol. The van der Waals surface area contributed by atoms with Gasteiger partial charge in [-0.05, 0) is 42.3 Å². The summed E-state index contributed by atoms with van der Waals surface area (Å²) >= 11 is 0. The van der Waals surface area contributed by atoms with E-state index < -0.39 is 0 Å². The summed E-state index contributed by atoms with van der Waals surface area (Å²) in [5, 5.41) is 3.08. The third kappa shape index (κ3) is 5.38. The van der Waals surface area contributed by atoms with Gasteiger partial charge in [-0.15, -0.1) is 0 Å². The van der Waals surface area contributed by atoms with E-state index in [0.29, 0.717) is 18.9 Å². The molecule has 4 nitrogen and oxygen atoms in total. The van der Waals surface area contributed by atoms with Crippen LogP contribution in [0.15, 0.2) is 48.5 Å². The van der Waals surface area contributed by atoms with E-state index in [4.69, 9.17) is 4.74 Å². The van der Waals surface area contributed by atoms with Crippen LogP contribution < -0.4 is 10.1 Å². The highest BCUT2D eigenvalue weighted by Crippen LogP contribution is 2.15. The minimum atomic E-state index is -0.357. The predicted octanol–water partition coefficient (Wildman–Crippen LogP) is 3.06. The molecule has 0 heterocycles. The number of hydrogen-bond donors (Lipinski definition) is 1. The van der Waals surface area contributed by atoms with Crippen molar-refractivity contribution in [1.82, 2.24) is 5.32 Å². The Morgan fingerprint density at radius 1 is 1.17 bits per heavy atom. The van der Waals surface area contributed by atoms with Crippen molar-refractivity contribution in [1.29, 1.82) is 0 Å². The van der Waals surface area contributed by atoms with E-state index in [9.17, 15) is 9.18 Å². The third-order valence-electron chi connectivity index (χ3n) is 3.38. The van der Waals surface area contributed by atoms with Crippen LogP contribution in [0.5, 0.6) is 5.75 Å². The number of hydrogen-bond acceptors (Lipinski definition) is 4. The Morgan fingerprint density at radius 3 is 2.57 bits per heavy atom. The molecule has 0 saturated carbocycles. The molecule has 0 aliphatic carbocycles. The molecule has 0 aliphatic heterocycles. The average Bonchev–Trinajstić information content (AvgIpc) is 2.58. The number of rotatable bonds is 7. The van der Waals surface area contributed by atoms with Gasteiger partial charge in [-0.2, -0.15) is 0 Å². The van der Waals surface area contributed by atoms with E-state index in [1.807, 2.05) is 30.3 Å². The van der Waals surface area contributed by atoms with Crippen molar-refractivity contribution in [2.75, 3.05) is 7.11 Å². The summed E-state index contributed by atoms with van der Waals surface area (Å²) in [6.07, 6.45) is 0. The van der Waals surface area contributed by atoms with E-state index in [2.05, 4.69) is 10.1 Å². The van der Waals surface area contributed by atoms with Gasteiger partial charge in [0.05, 0.1) is 7.11 Å². The molecular weight excluding hydrogens is 297 g/mol. The van der Waals surface area contributed by atoms with Gasteiger partial charge >= 0.3 is 5.97 Å². The number of halogens is 1. The topological polar surface area (TPSA) is 47.6 Å². The summed E-state index contributed by atoms with van der Waals surface area (Å²) in [4.78, 5) is 11.3. The standard InChI is InChI=1S/C18H20FNO3/c1-13(18(21)22-2)20-11-14-6-8-17(9-7-14)23-12-15-4-3-5-16(19)10-15/h3-10,13,20H,11-12H2,1-2H3. The van der Waals surface area contributed by atoms with Gasteiger partial charge in [0.2, 0.25) is 0 Å². The summed E-state index contributed by atoms with van der Waals surface area (Å²) < 4.78 is 23.4. The molecule has 0 radical (unpaired) electrons. The van der Waals surface area contributed by atoms with Crippen LogP contribution in [0.25, 0.3) is 0 Å². The van der Waals surface area contributed by atoms with Crippen molar-refractivity contribution >= 4 is 5.97 Å². The first-order valence-corrected chi connectivity index (χ1v) is 7.36. The van der Waals surface area contributed by atoms with Crippen molar-refractivity contribution in [3.63, 3.8) is 0 Å². The van der Waals surface area contributed by atoms with Crippen LogP contribution in [0, 0.1) is 5.82 Å². The lowest BCUT2D eigenvalue weighted by molar-refractivity contribution is -0.142. The highest BCUT2D eigenvalue weighted by Gasteiger charge is 2.11. The molecule has 0 aromatic heterocycles. The summed E-state index contributed by atoms with van der Waals surface area (Å²) in [6, 6.07) is 13.5. The van der Waals surface area contributed by atoms with Crippen LogP contribution >= 0.6 is 0 Å². The lowest BCUT2D eigenvalue weighted by Gasteiger charge is -2.12. The smallest absolute Gasteiger partial charge is 0.322 e. The van der Waals surface area contributed by atoms with Crippen LogP contribution in [0.1, 0.15) is 18.1 Å². The fraction of sp³-hybridized carbons (Fsp3) is 0.278. The second-order valence-corrected chi connectivity index (χ2v) is 5.19. The summed E-state index contributed by atoms with van der Waals surface area (Å²) in [5.41, 5.74) is 1.81. The quantitative estimate of drug-likeness (QED) is 0.797. The molecule has 0 bridgehead atoms. The van der Waals surface area contributed by atoms with Crippen LogP contribution in [0.2, 0.25) is 0 Å². The first kappa shape index (κ1) is 17.0. The Kier molecular flexibility index (Phi) is 6.11. The zero-order chi connectivity index (χ0) is 16.7. The lowest BCUT2D eigenvalue weighted by Crippen LogP contribution is -2.34. The fourth-order valence-corrected chi connectivity index (χ4v) is 2.03. The van der Waals surface area contributed by atoms with Crippen molar-refractivity contribution in [2.45, 2.75) is 26.1 Å². The molecule has 0 spiro atoms. The molecule has 0 aliphatic rings. The van der Waals surface area contributed by atoms with Crippen molar-refractivity contribution in [3.8, 4) is 5.75 Å². The molecular formula is C18H20FNO3. The monoisotopic (exact) mass is 317 g/mol. The van der Waals surface area contributed by atoms with E-state index in [0.717, 1.165) is 11.1 Å². The van der Waals surface area contributed by atoms with E-state index in [-0.39, 0.29) is 17.8 Å². The molecule has 0 saturated heterocycles. The molecule has 2 aromatic rings. The summed E-state index contributed by atoms with van der Waals surface area (Å²) in [7, 11) is 1.37. The van der Waals surface area contributed by atoms with E-state index in [1.54, 1.807) is 13.0 Å². The van der Waals surface area contributed by atoms with Gasteiger partial charge < -0.3 is 14.8 Å². The Bertz CT molecular complexity index is 643. The van der Waals surface area contributed by atoms with Gasteiger partial charge in [-0.25, -0.2) is 4.39 Å². The SMILES string of the molecule is COC(=O)C(C)NCc1ccc(OCc2cccc(F)c2)cc1. The Labute approximate surface area is 135 Å². The maximum Gasteiger partial charge on any atom is 0.322 e. The number of carbonyl (C=O) groups excluding carboxylic acids is 1. The highest BCUT2D eigenvalue weighted by atomic mass is 19.1. The van der Waals surface area contributed by atoms with Crippen molar-refractivity contribution in [2.24, 2.45) is 0 Å². The molecule has 2 aromatic carbocycles. The number of carbonyl (C=O) groups is 1. The van der Waals surface area contributed by atoms with E-state index >= 15 is 0 Å². The number of methoxy groups -OCH3 is 1. The number of nitrogens with one attached hydrogen (secondary N) is 1. The largest absolute Gasteiger partial charge is 0.489 e. The van der Waals surface area contributed by atoms with Crippen molar-refractivity contribution < 1.29 is 18.7 Å². The van der Waals surface area contributed by atoms with Crippen LogP contribution in [-0.4, -0.2) is 19.1 Å². The van der Waals surface area contributed by atoms with Gasteiger partial charge in [0, 0.05) is 6.54 Å². The minimum Gasteiger partial charge on any atom is -0.489 e. The minimum absolute atomic E-state index is 0.271. The third-order valence-corrected chi connectivity index (χ3v) is 3.38. The van der Waals surface area contributed by atoms with Gasteiger partial charge in [0.1, 0.15) is 24.2 Å². The summed E-state index contributed by atoms with van der Waals surface area (Å²) in [6.45, 7) is 2.62. The molecule has 2 rings (SSSR count). The molecule has 0 amide bonds. The first-order valence-electron chi connectivity index (χ1n) is 7.36. The molecule has 0 fully saturated rings. The van der Waals surface area contributed by atoms with Crippen LogP contribution in [0.4, 0.5) is 4.39 Å². The van der Waals surface area contributed by atoms with Gasteiger partial charge in [-0.1, -0.05) is 24.3 Å². The van der Waals surface area contributed by atoms with Gasteiger partial charge in [0.25, 0.3) is 0 Å². The predicted molar refractivity (Wildman–Crippen MR) is 85.5 cm³/mol. The maximum absolute atomic E-state index is 13.1. The Morgan fingerprint density at radius 2 is 1.91 bits per heavy atom. The lowest BCUT2D eigenvalue weighted by atomic mass is 10.2. The summed E-state index contributed by atoms with van der Waals surface area (Å²) in [5.74, 6) is 0.145. The number of esters is 1. The van der Waals surface area contributed by atoms with Gasteiger partial charge in [0.15, 0.2) is 0 Å². The number of ether oxygens (including phenoxy) is 2. The number of benzene rings is 2. The molecule has 1 N–H and O–H groups in total. The second kappa shape index (κ2) is 8.29. The Balaban J connectivity index is 1.83. The maximum atomic E-state index is 13.1. The first-order chi connectivity index (χ1) is 11.1. The Hall–Kier alpha value is -2.40. The molecule has 1 atom stereocenters. The fourth-order valence-electron chi connectivity index (χ4n) is 2.03. The van der Waals surface area contributed by atoms with Crippen LogP contribution in [-0.2, 0) is 22.7 Å². The molecule has 122 valence electrons. The van der Waals surface area contributed by atoms with E-state index in [1.165, 1.54) is 19.2 Å². The zero-order valence-electron chi connectivity index (χ0n) is 13.2. The molecule has 23 heavy (non-hydrogen) atoms. The second-order valence-electron chi connectivity index (χ2n) is 5.19. The highest BCUT2D eigenvalue weighted by molar-refractivity contribution is 5.75. The van der Waals surface area contributed by atoms with Crippen molar-refractivity contribution in [3.05, 3.63) is 65.5 Å².